The van der Waals surface area contributed by atoms with Gasteiger partial charge in [-0.15, -0.1) is 0 Å². The van der Waals surface area contributed by atoms with E-state index in [-0.39, 0.29) is 0 Å². The fourth-order valence-corrected chi connectivity index (χ4v) is 3.30. The van der Waals surface area contributed by atoms with Crippen LogP contribution < -0.4 is 0 Å². The van der Waals surface area contributed by atoms with E-state index in [2.05, 4.69) is 39.1 Å². The summed E-state index contributed by atoms with van der Waals surface area (Å²) in [5, 5.41) is 1.67. The molecule has 0 fully saturated rings. The molecule has 0 bridgehead atoms. The van der Waals surface area contributed by atoms with Gasteiger partial charge >= 0.3 is 0 Å². The Morgan fingerprint density at radius 1 is 1.30 bits per heavy atom. The minimum absolute atomic E-state index is 0.527. The lowest BCUT2D eigenvalue weighted by Crippen LogP contribution is -2.04. The molecule has 1 heteroatoms. The first-order chi connectivity index (χ1) is 4.61. The van der Waals surface area contributed by atoms with Crippen LogP contribution in [0.3, 0.4) is 0 Å². The van der Waals surface area contributed by atoms with Crippen molar-refractivity contribution in [3.63, 3.8) is 0 Å². The summed E-state index contributed by atoms with van der Waals surface area (Å²) in [5.74, 6) is 0.699. The summed E-state index contributed by atoms with van der Waals surface area (Å²) in [6, 6.07) is 0. The van der Waals surface area contributed by atoms with Gasteiger partial charge in [0.1, 0.15) is 0 Å². The second kappa shape index (κ2) is 2.75. The molecule has 1 aliphatic rings. The summed E-state index contributed by atoms with van der Waals surface area (Å²) in [6.07, 6.45) is 4.79. The molecular formula is C9H16Si. The lowest BCUT2D eigenvalue weighted by atomic mass is 10.2. The maximum Gasteiger partial charge on any atom is 0.0646 e. The van der Waals surface area contributed by atoms with Crippen LogP contribution in [-0.4, -0.2) is 8.80 Å². The summed E-state index contributed by atoms with van der Waals surface area (Å²) in [4.78, 5) is 0. The topological polar surface area (TPSA) is 0 Å². The van der Waals surface area contributed by atoms with Crippen LogP contribution in [0, 0.1) is 5.92 Å². The zero-order valence-electron chi connectivity index (χ0n) is 7.31. The van der Waals surface area contributed by atoms with Gasteiger partial charge in [0.2, 0.25) is 0 Å². The van der Waals surface area contributed by atoms with Gasteiger partial charge in [-0.3, -0.25) is 0 Å². The SMILES string of the molecule is CC1=CC(C)C=C1[SiH](C)C. The zero-order valence-corrected chi connectivity index (χ0v) is 8.46. The van der Waals surface area contributed by atoms with Crippen LogP contribution in [-0.2, 0) is 0 Å². The molecule has 0 aliphatic heterocycles. The Balaban J connectivity index is 2.80. The van der Waals surface area contributed by atoms with Gasteiger partial charge in [-0.25, -0.2) is 0 Å². The van der Waals surface area contributed by atoms with Gasteiger partial charge in [0.25, 0.3) is 0 Å². The van der Waals surface area contributed by atoms with E-state index in [9.17, 15) is 0 Å². The van der Waals surface area contributed by atoms with Crippen molar-refractivity contribution in [3.05, 3.63) is 22.9 Å². The van der Waals surface area contributed by atoms with E-state index in [0.717, 1.165) is 0 Å². The van der Waals surface area contributed by atoms with Crippen molar-refractivity contribution in [1.29, 1.82) is 0 Å². The lowest BCUT2D eigenvalue weighted by molar-refractivity contribution is 0.954. The van der Waals surface area contributed by atoms with Crippen LogP contribution >= 0.6 is 0 Å². The summed E-state index contributed by atoms with van der Waals surface area (Å²) in [6.45, 7) is 9.28. The third-order valence-electron chi connectivity index (χ3n) is 2.03. The highest BCUT2D eigenvalue weighted by Gasteiger charge is 2.13. The van der Waals surface area contributed by atoms with E-state index in [0.29, 0.717) is 5.92 Å². The third kappa shape index (κ3) is 1.40. The summed E-state index contributed by atoms with van der Waals surface area (Å²) >= 11 is 0. The highest BCUT2D eigenvalue weighted by atomic mass is 28.3. The Labute approximate surface area is 65.3 Å². The largest absolute Gasteiger partial charge is 0.0787 e. The minimum atomic E-state index is -0.527. The van der Waals surface area contributed by atoms with Gasteiger partial charge < -0.3 is 0 Å². The maximum atomic E-state index is 2.42. The van der Waals surface area contributed by atoms with Crippen LogP contribution in [0.5, 0.6) is 0 Å². The van der Waals surface area contributed by atoms with Crippen molar-refractivity contribution in [2.45, 2.75) is 26.9 Å². The zero-order chi connectivity index (χ0) is 7.72. The first kappa shape index (κ1) is 7.80. The first-order valence-electron chi connectivity index (χ1n) is 4.01. The van der Waals surface area contributed by atoms with Crippen molar-refractivity contribution in [3.8, 4) is 0 Å². The molecule has 0 spiro atoms. The first-order valence-corrected chi connectivity index (χ1v) is 6.90. The van der Waals surface area contributed by atoms with Crippen LogP contribution in [0.2, 0.25) is 13.1 Å². The molecule has 56 valence electrons. The fourth-order valence-electron chi connectivity index (χ4n) is 1.60. The standard InChI is InChI=1S/C9H16Si/c1-7-5-8(2)9(6-7)10(3)4/h5-7,10H,1-4H3. The van der Waals surface area contributed by atoms with Gasteiger partial charge in [0, 0.05) is 0 Å². The average molecular weight is 152 g/mol. The van der Waals surface area contributed by atoms with Crippen molar-refractivity contribution < 1.29 is 0 Å². The molecule has 0 heterocycles. The minimum Gasteiger partial charge on any atom is -0.0787 e. The van der Waals surface area contributed by atoms with E-state index >= 15 is 0 Å². The molecule has 0 aromatic rings. The highest BCUT2D eigenvalue weighted by molar-refractivity contribution is 6.65. The highest BCUT2D eigenvalue weighted by Crippen LogP contribution is 2.24. The van der Waals surface area contributed by atoms with Gasteiger partial charge in [-0.05, 0) is 12.8 Å². The van der Waals surface area contributed by atoms with E-state index in [4.69, 9.17) is 0 Å². The lowest BCUT2D eigenvalue weighted by Gasteiger charge is -2.05. The molecule has 1 atom stereocenters. The van der Waals surface area contributed by atoms with E-state index in [1.807, 2.05) is 0 Å². The number of rotatable bonds is 1. The Bertz CT molecular complexity index is 187. The van der Waals surface area contributed by atoms with Crippen LogP contribution in [0.15, 0.2) is 22.9 Å². The fraction of sp³-hybridized carbons (Fsp3) is 0.556. The number of hydrogen-bond acceptors (Lipinski definition) is 0. The van der Waals surface area contributed by atoms with Crippen LogP contribution in [0.25, 0.3) is 0 Å². The molecule has 1 unspecified atom stereocenters. The number of hydrogen-bond donors (Lipinski definition) is 0. The van der Waals surface area contributed by atoms with Gasteiger partial charge in [0.15, 0.2) is 0 Å². The summed E-state index contributed by atoms with van der Waals surface area (Å²) in [5.41, 5.74) is 1.54. The molecule has 0 N–H and O–H groups in total. The van der Waals surface area contributed by atoms with Gasteiger partial charge in [-0.1, -0.05) is 42.9 Å². The van der Waals surface area contributed by atoms with E-state index in [1.54, 1.807) is 5.20 Å². The smallest absolute Gasteiger partial charge is 0.0646 e. The van der Waals surface area contributed by atoms with Crippen LogP contribution in [0.4, 0.5) is 0 Å². The molecule has 1 aliphatic carbocycles. The molecule has 0 saturated carbocycles. The molecule has 0 aromatic carbocycles. The summed E-state index contributed by atoms with van der Waals surface area (Å²) in [7, 11) is -0.527. The molecule has 10 heavy (non-hydrogen) atoms. The molecule has 0 radical (unpaired) electrons. The second-order valence-corrected chi connectivity index (χ2v) is 6.42. The summed E-state index contributed by atoms with van der Waals surface area (Å²) < 4.78 is 0. The molecular weight excluding hydrogens is 136 g/mol. The van der Waals surface area contributed by atoms with Gasteiger partial charge in [0.05, 0.1) is 8.80 Å². The predicted octanol–water partition coefficient (Wildman–Crippen LogP) is 2.53. The third-order valence-corrected chi connectivity index (χ3v) is 3.92. The van der Waals surface area contributed by atoms with Crippen molar-refractivity contribution in [2.75, 3.05) is 0 Å². The van der Waals surface area contributed by atoms with Crippen LogP contribution in [0.1, 0.15) is 13.8 Å². The molecule has 0 aromatic heterocycles. The van der Waals surface area contributed by atoms with Crippen molar-refractivity contribution >= 4 is 8.80 Å². The second-order valence-electron chi connectivity index (χ2n) is 3.49. The number of allylic oxidation sites excluding steroid dienone is 4. The maximum absolute atomic E-state index is 2.42. The van der Waals surface area contributed by atoms with E-state index < -0.39 is 8.80 Å². The molecule has 0 amide bonds. The predicted molar refractivity (Wildman–Crippen MR) is 49.9 cm³/mol. The average Bonchev–Trinajstić information content (AvgIpc) is 2.10. The molecule has 0 nitrogen and oxygen atoms in total. The quantitative estimate of drug-likeness (QED) is 0.507. The van der Waals surface area contributed by atoms with Gasteiger partial charge in [-0.2, -0.15) is 0 Å². The Morgan fingerprint density at radius 3 is 2.10 bits per heavy atom. The van der Waals surface area contributed by atoms with E-state index in [1.165, 1.54) is 5.57 Å². The molecule has 1 rings (SSSR count). The Kier molecular flexibility index (Phi) is 2.14. The molecule has 0 saturated heterocycles. The Hall–Kier alpha value is -0.303. The van der Waals surface area contributed by atoms with Crippen molar-refractivity contribution in [1.82, 2.24) is 0 Å². The Morgan fingerprint density at radius 2 is 1.90 bits per heavy atom. The van der Waals surface area contributed by atoms with Crippen molar-refractivity contribution in [2.24, 2.45) is 5.92 Å². The monoisotopic (exact) mass is 152 g/mol. The normalized spacial score (nSPS) is 25.1.